The monoisotopic (exact) mass is 384 g/mol. The van der Waals surface area contributed by atoms with Crippen molar-refractivity contribution < 1.29 is 18.9 Å². The minimum atomic E-state index is -0.284. The van der Waals surface area contributed by atoms with Crippen molar-refractivity contribution >= 4 is 0 Å². The lowest BCUT2D eigenvalue weighted by molar-refractivity contribution is -0.102. The molecule has 0 radical (unpaired) electrons. The number of rotatable bonds is 6. The molecule has 7 nitrogen and oxygen atoms in total. The Labute approximate surface area is 163 Å². The molecule has 5 rings (SSSR count). The van der Waals surface area contributed by atoms with Crippen molar-refractivity contribution in [3.8, 4) is 22.9 Å². The third-order valence-electron chi connectivity index (χ3n) is 5.43. The summed E-state index contributed by atoms with van der Waals surface area (Å²) in [6.45, 7) is 3.39. The topological polar surface area (TPSA) is 71.8 Å². The molecule has 2 aliphatic heterocycles. The summed E-state index contributed by atoms with van der Waals surface area (Å²) in [6, 6.07) is 7.95. The minimum absolute atomic E-state index is 0.132. The van der Waals surface area contributed by atoms with Gasteiger partial charge >= 0.3 is 5.69 Å². The summed E-state index contributed by atoms with van der Waals surface area (Å²) in [6.07, 6.45) is 3.20. The van der Waals surface area contributed by atoms with Crippen LogP contribution >= 0.6 is 0 Å². The van der Waals surface area contributed by atoms with Crippen LogP contribution in [0.15, 0.2) is 29.1 Å². The molecule has 0 spiro atoms. The Morgan fingerprint density at radius 1 is 1.14 bits per heavy atom. The van der Waals surface area contributed by atoms with Crippen LogP contribution in [0.2, 0.25) is 0 Å². The molecule has 148 valence electrons. The number of nitrogens with zero attached hydrogens (tertiary/aromatic N) is 2. The third kappa shape index (κ3) is 3.77. The lowest BCUT2D eigenvalue weighted by Crippen LogP contribution is -2.34. The predicted molar refractivity (Wildman–Crippen MR) is 102 cm³/mol. The van der Waals surface area contributed by atoms with E-state index in [0.717, 1.165) is 36.0 Å². The summed E-state index contributed by atoms with van der Waals surface area (Å²) >= 11 is 0. The van der Waals surface area contributed by atoms with E-state index in [0.29, 0.717) is 38.9 Å². The molecule has 7 heteroatoms. The summed E-state index contributed by atoms with van der Waals surface area (Å²) in [7, 11) is 0. The van der Waals surface area contributed by atoms with Gasteiger partial charge in [-0.15, -0.1) is 0 Å². The van der Waals surface area contributed by atoms with Gasteiger partial charge in [-0.25, -0.2) is 4.79 Å². The molecule has 1 aliphatic carbocycles. The zero-order chi connectivity index (χ0) is 18.9. The number of aryl methyl sites for hydroxylation is 1. The summed E-state index contributed by atoms with van der Waals surface area (Å²) in [5, 5.41) is 0. The molecule has 0 bridgehead atoms. The highest BCUT2D eigenvalue weighted by Gasteiger charge is 2.23. The number of aromatic nitrogens is 2. The summed E-state index contributed by atoms with van der Waals surface area (Å²) in [4.78, 5) is 16.6. The maximum atomic E-state index is 12.5. The molecule has 0 N–H and O–H groups in total. The molecular weight excluding hydrogens is 360 g/mol. The van der Waals surface area contributed by atoms with Crippen LogP contribution in [-0.2, 0) is 22.4 Å². The van der Waals surface area contributed by atoms with Gasteiger partial charge in [0.1, 0.15) is 18.5 Å². The van der Waals surface area contributed by atoms with Crippen molar-refractivity contribution in [1.29, 1.82) is 0 Å². The molecule has 1 saturated heterocycles. The van der Waals surface area contributed by atoms with Gasteiger partial charge in [-0.2, -0.15) is 4.98 Å². The van der Waals surface area contributed by atoms with E-state index in [4.69, 9.17) is 18.9 Å². The Morgan fingerprint density at radius 2 is 2.07 bits per heavy atom. The van der Waals surface area contributed by atoms with Crippen LogP contribution in [0.25, 0.3) is 11.3 Å². The molecule has 0 unspecified atom stereocenters. The van der Waals surface area contributed by atoms with Crippen molar-refractivity contribution in [2.75, 3.05) is 33.0 Å². The van der Waals surface area contributed by atoms with E-state index in [2.05, 4.69) is 11.1 Å². The quantitative estimate of drug-likeness (QED) is 0.759. The lowest BCUT2D eigenvalue weighted by Gasteiger charge is -2.24. The number of hydrogen-bond donors (Lipinski definition) is 0. The van der Waals surface area contributed by atoms with Crippen LogP contribution in [0.4, 0.5) is 0 Å². The second-order valence-electron chi connectivity index (χ2n) is 7.62. The molecule has 1 aromatic carbocycles. The molecule has 1 saturated carbocycles. The Bertz CT molecular complexity index is 915. The molecule has 1 aromatic heterocycles. The smallest absolute Gasteiger partial charge is 0.351 e. The molecule has 28 heavy (non-hydrogen) atoms. The predicted octanol–water partition coefficient (Wildman–Crippen LogP) is 2.05. The summed E-state index contributed by atoms with van der Waals surface area (Å²) in [5.74, 6) is 1.95. The van der Waals surface area contributed by atoms with Gasteiger partial charge < -0.3 is 18.9 Å². The standard InChI is InChI=1S/C21H24N2O5/c24-21-22-20(28-13-17-12-25-7-8-26-17)10-19-18-4-3-16(27-11-14-1-2-14)9-15(18)5-6-23(19)21/h3-4,9-10,14,17H,1-2,5-8,11-13H2/t17-/m0/s1. The van der Waals surface area contributed by atoms with E-state index in [1.54, 1.807) is 4.57 Å². The summed E-state index contributed by atoms with van der Waals surface area (Å²) < 4.78 is 24.3. The van der Waals surface area contributed by atoms with E-state index < -0.39 is 0 Å². The number of hydrogen-bond acceptors (Lipinski definition) is 6. The van der Waals surface area contributed by atoms with Crippen LogP contribution in [0.3, 0.4) is 0 Å². The van der Waals surface area contributed by atoms with Gasteiger partial charge in [-0.1, -0.05) is 0 Å². The first kappa shape index (κ1) is 17.7. The lowest BCUT2D eigenvalue weighted by atomic mass is 9.97. The number of fused-ring (bicyclic) bond motifs is 3. The van der Waals surface area contributed by atoms with Crippen molar-refractivity contribution in [1.82, 2.24) is 9.55 Å². The highest BCUT2D eigenvalue weighted by Crippen LogP contribution is 2.34. The zero-order valence-corrected chi connectivity index (χ0v) is 15.8. The SMILES string of the molecule is O=c1nc(OC[C@@H]2COCCO2)cc2n1CCc1cc(OCC3CC3)ccc1-2. The van der Waals surface area contributed by atoms with E-state index in [-0.39, 0.29) is 11.8 Å². The second-order valence-corrected chi connectivity index (χ2v) is 7.62. The molecule has 2 fully saturated rings. The van der Waals surface area contributed by atoms with Gasteiger partial charge in [-0.3, -0.25) is 4.57 Å². The molecule has 2 aromatic rings. The molecule has 0 amide bonds. The first-order chi connectivity index (χ1) is 13.8. The van der Waals surface area contributed by atoms with Crippen LogP contribution in [0.5, 0.6) is 11.6 Å². The maximum Gasteiger partial charge on any atom is 0.351 e. The van der Waals surface area contributed by atoms with Gasteiger partial charge in [-0.05, 0) is 48.9 Å². The zero-order valence-electron chi connectivity index (χ0n) is 15.8. The average molecular weight is 384 g/mol. The van der Waals surface area contributed by atoms with Gasteiger partial charge in [0.25, 0.3) is 0 Å². The van der Waals surface area contributed by atoms with Gasteiger partial charge in [0.15, 0.2) is 0 Å². The maximum absolute atomic E-state index is 12.5. The Kier molecular flexibility index (Phi) is 4.78. The van der Waals surface area contributed by atoms with E-state index in [9.17, 15) is 4.79 Å². The minimum Gasteiger partial charge on any atom is -0.493 e. The fraction of sp³-hybridized carbons (Fsp3) is 0.524. The normalized spacial score (nSPS) is 20.9. The third-order valence-corrected chi connectivity index (χ3v) is 5.43. The van der Waals surface area contributed by atoms with E-state index >= 15 is 0 Å². The van der Waals surface area contributed by atoms with Crippen molar-refractivity contribution in [2.45, 2.75) is 31.9 Å². The van der Waals surface area contributed by atoms with E-state index in [1.807, 2.05) is 18.2 Å². The second kappa shape index (κ2) is 7.56. The van der Waals surface area contributed by atoms with Crippen LogP contribution in [0, 0.1) is 5.92 Å². The first-order valence-corrected chi connectivity index (χ1v) is 9.96. The van der Waals surface area contributed by atoms with E-state index in [1.165, 1.54) is 18.4 Å². The van der Waals surface area contributed by atoms with Crippen LogP contribution in [-0.4, -0.2) is 48.7 Å². The van der Waals surface area contributed by atoms with Crippen molar-refractivity contribution in [2.24, 2.45) is 5.92 Å². The fourth-order valence-corrected chi connectivity index (χ4v) is 3.66. The van der Waals surface area contributed by atoms with Crippen molar-refractivity contribution in [3.05, 3.63) is 40.3 Å². The van der Waals surface area contributed by atoms with Gasteiger partial charge in [0.2, 0.25) is 5.88 Å². The summed E-state index contributed by atoms with van der Waals surface area (Å²) in [5.41, 5.74) is 2.78. The van der Waals surface area contributed by atoms with Crippen LogP contribution < -0.4 is 15.2 Å². The van der Waals surface area contributed by atoms with Gasteiger partial charge in [0, 0.05) is 18.2 Å². The fourth-order valence-electron chi connectivity index (χ4n) is 3.66. The highest BCUT2D eigenvalue weighted by molar-refractivity contribution is 5.67. The molecule has 1 atom stereocenters. The Balaban J connectivity index is 1.36. The molecule has 3 aliphatic rings. The highest BCUT2D eigenvalue weighted by atomic mass is 16.6. The largest absolute Gasteiger partial charge is 0.493 e. The van der Waals surface area contributed by atoms with Crippen molar-refractivity contribution in [3.63, 3.8) is 0 Å². The molecule has 3 heterocycles. The number of ether oxygens (including phenoxy) is 4. The Hall–Kier alpha value is -2.38. The number of benzene rings is 1. The Morgan fingerprint density at radius 3 is 2.89 bits per heavy atom. The average Bonchev–Trinajstić information content (AvgIpc) is 3.56. The molecular formula is C21H24N2O5. The first-order valence-electron chi connectivity index (χ1n) is 9.96. The van der Waals surface area contributed by atoms with Gasteiger partial charge in [0.05, 0.1) is 32.1 Å². The van der Waals surface area contributed by atoms with Crippen LogP contribution in [0.1, 0.15) is 18.4 Å².